The first-order chi connectivity index (χ1) is 15.6. The van der Waals surface area contributed by atoms with Gasteiger partial charge in [-0.05, 0) is 85.6 Å². The van der Waals surface area contributed by atoms with Crippen molar-refractivity contribution in [3.63, 3.8) is 0 Å². The molecule has 0 saturated heterocycles. The highest BCUT2D eigenvalue weighted by Gasteiger charge is 2.61. The monoisotopic (exact) mass is 456 g/mol. The SMILES string of the molecule is CC1(O)CCC2(CCC(=O)NCc3ccco3)C(NCc3ccc(F)cc3)CC(C)(C)C2C1. The molecule has 0 bridgehead atoms. The Morgan fingerprint density at radius 1 is 1.12 bits per heavy atom. The lowest BCUT2D eigenvalue weighted by Gasteiger charge is -2.51. The maximum atomic E-state index is 13.3. The number of benzene rings is 1. The predicted octanol–water partition coefficient (Wildman–Crippen LogP) is 4.94. The number of furan rings is 1. The second-order valence-corrected chi connectivity index (χ2v) is 11.1. The minimum atomic E-state index is -0.668. The molecule has 2 aromatic rings. The number of hydrogen-bond donors (Lipinski definition) is 3. The van der Waals surface area contributed by atoms with Gasteiger partial charge in [0, 0.05) is 19.0 Å². The summed E-state index contributed by atoms with van der Waals surface area (Å²) in [4.78, 5) is 12.7. The van der Waals surface area contributed by atoms with Gasteiger partial charge >= 0.3 is 0 Å². The number of amides is 1. The van der Waals surface area contributed by atoms with Crippen molar-refractivity contribution in [2.45, 2.75) is 84.0 Å². The van der Waals surface area contributed by atoms with Crippen molar-refractivity contribution in [1.29, 1.82) is 0 Å². The molecule has 3 N–H and O–H groups in total. The molecule has 5 nitrogen and oxygen atoms in total. The number of hydrogen-bond acceptors (Lipinski definition) is 4. The van der Waals surface area contributed by atoms with E-state index >= 15 is 0 Å². The Morgan fingerprint density at radius 2 is 1.88 bits per heavy atom. The van der Waals surface area contributed by atoms with E-state index in [1.165, 1.54) is 12.1 Å². The van der Waals surface area contributed by atoms with E-state index in [-0.39, 0.29) is 28.6 Å². The second kappa shape index (κ2) is 9.22. The van der Waals surface area contributed by atoms with E-state index in [0.29, 0.717) is 25.4 Å². The van der Waals surface area contributed by atoms with E-state index in [9.17, 15) is 14.3 Å². The summed E-state index contributed by atoms with van der Waals surface area (Å²) in [7, 11) is 0. The van der Waals surface area contributed by atoms with E-state index in [1.807, 2.05) is 31.2 Å². The van der Waals surface area contributed by atoms with Gasteiger partial charge in [0.05, 0.1) is 18.4 Å². The molecule has 2 aliphatic rings. The molecule has 0 spiro atoms. The standard InChI is InChI=1S/C27H37FN2O3/c1-25(2)16-23(29-17-19-6-8-20(28)9-7-19)27(13-12-26(3,32)15-22(25)27)11-10-24(31)30-18-21-5-4-14-33-21/h4-9,14,22-23,29,32H,10-13,15-18H2,1-3H3,(H,30,31). The number of carbonyl (C=O) groups is 1. The highest BCUT2D eigenvalue weighted by Crippen LogP contribution is 2.63. The molecule has 4 rings (SSSR count). The maximum absolute atomic E-state index is 13.3. The summed E-state index contributed by atoms with van der Waals surface area (Å²) in [5.41, 5.74) is 0.370. The molecular weight excluding hydrogens is 419 g/mol. The lowest BCUT2D eigenvalue weighted by atomic mass is 9.57. The van der Waals surface area contributed by atoms with E-state index in [1.54, 1.807) is 6.26 Å². The van der Waals surface area contributed by atoms with Crippen LogP contribution in [0.4, 0.5) is 4.39 Å². The molecule has 4 unspecified atom stereocenters. The molecule has 4 atom stereocenters. The van der Waals surface area contributed by atoms with Crippen LogP contribution in [0.5, 0.6) is 0 Å². The molecule has 1 amide bonds. The van der Waals surface area contributed by atoms with Crippen molar-refractivity contribution in [1.82, 2.24) is 10.6 Å². The van der Waals surface area contributed by atoms with Crippen LogP contribution in [-0.2, 0) is 17.9 Å². The van der Waals surface area contributed by atoms with Crippen molar-refractivity contribution in [2.24, 2.45) is 16.7 Å². The number of fused-ring (bicyclic) bond motifs is 1. The van der Waals surface area contributed by atoms with Crippen LogP contribution >= 0.6 is 0 Å². The first-order valence-corrected chi connectivity index (χ1v) is 12.1. The van der Waals surface area contributed by atoms with Crippen LogP contribution in [0.25, 0.3) is 0 Å². The van der Waals surface area contributed by atoms with Gasteiger partial charge in [0.1, 0.15) is 11.6 Å². The summed E-state index contributed by atoms with van der Waals surface area (Å²) in [5.74, 6) is 0.859. The molecule has 33 heavy (non-hydrogen) atoms. The Hall–Kier alpha value is -2.18. The molecule has 1 heterocycles. The number of rotatable bonds is 8. The lowest BCUT2D eigenvalue weighted by molar-refractivity contribution is -0.123. The van der Waals surface area contributed by atoms with Crippen LogP contribution < -0.4 is 10.6 Å². The fraction of sp³-hybridized carbons (Fsp3) is 0.593. The van der Waals surface area contributed by atoms with Gasteiger partial charge < -0.3 is 20.2 Å². The quantitative estimate of drug-likeness (QED) is 0.526. The number of aliphatic hydroxyl groups is 1. The smallest absolute Gasteiger partial charge is 0.220 e. The Bertz CT molecular complexity index is 939. The van der Waals surface area contributed by atoms with Gasteiger partial charge in [-0.25, -0.2) is 4.39 Å². The van der Waals surface area contributed by atoms with Gasteiger partial charge in [-0.2, -0.15) is 0 Å². The summed E-state index contributed by atoms with van der Waals surface area (Å²) >= 11 is 0. The molecule has 0 aliphatic heterocycles. The molecule has 0 radical (unpaired) electrons. The van der Waals surface area contributed by atoms with Gasteiger partial charge in [0.15, 0.2) is 0 Å². The van der Waals surface area contributed by atoms with Crippen molar-refractivity contribution < 1.29 is 18.7 Å². The molecule has 6 heteroatoms. The van der Waals surface area contributed by atoms with Crippen LogP contribution in [0.15, 0.2) is 47.1 Å². The van der Waals surface area contributed by atoms with Crippen LogP contribution in [0.2, 0.25) is 0 Å². The predicted molar refractivity (Wildman–Crippen MR) is 126 cm³/mol. The van der Waals surface area contributed by atoms with Crippen LogP contribution in [0, 0.1) is 22.6 Å². The average molecular weight is 457 g/mol. The zero-order valence-electron chi connectivity index (χ0n) is 20.0. The van der Waals surface area contributed by atoms with Crippen molar-refractivity contribution in [2.75, 3.05) is 0 Å². The van der Waals surface area contributed by atoms with Crippen molar-refractivity contribution in [3.8, 4) is 0 Å². The molecule has 2 fully saturated rings. The number of halogens is 1. The molecular formula is C27H37FN2O3. The van der Waals surface area contributed by atoms with Gasteiger partial charge in [-0.1, -0.05) is 26.0 Å². The minimum Gasteiger partial charge on any atom is -0.467 e. The van der Waals surface area contributed by atoms with E-state index in [0.717, 1.165) is 43.4 Å². The molecule has 2 saturated carbocycles. The average Bonchev–Trinajstić information content (AvgIpc) is 3.35. The first-order valence-electron chi connectivity index (χ1n) is 12.1. The van der Waals surface area contributed by atoms with Crippen LogP contribution in [0.3, 0.4) is 0 Å². The van der Waals surface area contributed by atoms with Crippen molar-refractivity contribution in [3.05, 3.63) is 59.8 Å². The van der Waals surface area contributed by atoms with Gasteiger partial charge in [-0.3, -0.25) is 4.79 Å². The molecule has 180 valence electrons. The van der Waals surface area contributed by atoms with Crippen LogP contribution in [-0.4, -0.2) is 22.7 Å². The van der Waals surface area contributed by atoms with E-state index < -0.39 is 5.60 Å². The van der Waals surface area contributed by atoms with Crippen LogP contribution in [0.1, 0.15) is 70.6 Å². The summed E-state index contributed by atoms with van der Waals surface area (Å²) in [6, 6.07) is 10.5. The summed E-state index contributed by atoms with van der Waals surface area (Å²) in [6.07, 6.45) is 6.21. The first kappa shape index (κ1) is 24.0. The summed E-state index contributed by atoms with van der Waals surface area (Å²) < 4.78 is 18.6. The van der Waals surface area contributed by atoms with Crippen molar-refractivity contribution >= 4 is 5.91 Å². The zero-order valence-corrected chi connectivity index (χ0v) is 20.0. The molecule has 2 aliphatic carbocycles. The highest BCUT2D eigenvalue weighted by molar-refractivity contribution is 5.75. The highest BCUT2D eigenvalue weighted by atomic mass is 19.1. The third-order valence-corrected chi connectivity index (χ3v) is 8.16. The third-order valence-electron chi connectivity index (χ3n) is 8.16. The fourth-order valence-electron chi connectivity index (χ4n) is 6.39. The summed E-state index contributed by atoms with van der Waals surface area (Å²) in [5, 5.41) is 17.7. The largest absolute Gasteiger partial charge is 0.467 e. The van der Waals surface area contributed by atoms with E-state index in [4.69, 9.17) is 4.42 Å². The zero-order chi connectivity index (χ0) is 23.7. The molecule has 1 aromatic heterocycles. The summed E-state index contributed by atoms with van der Waals surface area (Å²) in [6.45, 7) is 7.60. The lowest BCUT2D eigenvalue weighted by Crippen LogP contribution is -2.51. The van der Waals surface area contributed by atoms with Gasteiger partial charge in [0.2, 0.25) is 5.91 Å². The number of carbonyl (C=O) groups excluding carboxylic acids is 1. The Morgan fingerprint density at radius 3 is 2.58 bits per heavy atom. The van der Waals surface area contributed by atoms with Gasteiger partial charge in [0.25, 0.3) is 0 Å². The topological polar surface area (TPSA) is 74.5 Å². The Balaban J connectivity index is 1.49. The number of nitrogens with one attached hydrogen (secondary N) is 2. The normalized spacial score (nSPS) is 30.7. The minimum absolute atomic E-state index is 0.0267. The van der Waals surface area contributed by atoms with Gasteiger partial charge in [-0.15, -0.1) is 0 Å². The fourth-order valence-corrected chi connectivity index (χ4v) is 6.39. The molecule has 1 aromatic carbocycles. The maximum Gasteiger partial charge on any atom is 0.220 e. The third kappa shape index (κ3) is 5.33. The Labute approximate surface area is 196 Å². The Kier molecular flexibility index (Phi) is 6.70. The van der Waals surface area contributed by atoms with E-state index in [2.05, 4.69) is 24.5 Å². The second-order valence-electron chi connectivity index (χ2n) is 11.1.